The number of anilines is 1. The molecule has 0 saturated heterocycles. The highest BCUT2D eigenvalue weighted by atomic mass is 16.4. The molecule has 0 radical (unpaired) electrons. The van der Waals surface area contributed by atoms with Gasteiger partial charge in [0.05, 0.1) is 11.5 Å². The molecule has 6 heteroatoms. The number of hydrogen-bond acceptors (Lipinski definition) is 5. The van der Waals surface area contributed by atoms with E-state index in [1.165, 1.54) is 0 Å². The number of aliphatic hydroxyl groups is 1. The van der Waals surface area contributed by atoms with Crippen LogP contribution in [0.25, 0.3) is 22.6 Å². The van der Waals surface area contributed by atoms with Gasteiger partial charge in [0.25, 0.3) is 0 Å². The van der Waals surface area contributed by atoms with Crippen molar-refractivity contribution in [2.75, 3.05) is 5.32 Å². The number of carbonyl (C=O) groups excluding carboxylic acids is 1. The molecule has 158 valence electrons. The molecule has 31 heavy (non-hydrogen) atoms. The van der Waals surface area contributed by atoms with Crippen molar-refractivity contribution in [1.29, 1.82) is 0 Å². The Bertz CT molecular complexity index is 1190. The Morgan fingerprint density at radius 1 is 1.03 bits per heavy atom. The van der Waals surface area contributed by atoms with Crippen LogP contribution in [-0.2, 0) is 10.2 Å². The van der Waals surface area contributed by atoms with Gasteiger partial charge >= 0.3 is 0 Å². The lowest BCUT2D eigenvalue weighted by Gasteiger charge is -2.33. The molecule has 1 aliphatic heterocycles. The first-order valence-electron chi connectivity index (χ1n) is 11.1. The number of carbonyl (C=O) groups is 1. The van der Waals surface area contributed by atoms with Crippen LogP contribution in [0.5, 0.6) is 0 Å². The summed E-state index contributed by atoms with van der Waals surface area (Å²) in [6, 6.07) is 12.4. The Morgan fingerprint density at radius 3 is 2.58 bits per heavy atom. The number of aliphatic hydroxyl groups excluding tert-OH is 1. The summed E-state index contributed by atoms with van der Waals surface area (Å²) in [5.74, 6) is 1.78. The quantitative estimate of drug-likeness (QED) is 0.647. The highest BCUT2D eigenvalue weighted by molar-refractivity contribution is 6.07. The summed E-state index contributed by atoms with van der Waals surface area (Å²) in [5.41, 5.74) is 5.64. The second kappa shape index (κ2) is 6.76. The van der Waals surface area contributed by atoms with Crippen molar-refractivity contribution in [3.8, 4) is 22.6 Å². The molecule has 1 aromatic heterocycles. The average Bonchev–Trinajstić information content (AvgIpc) is 3.45. The topological polar surface area (TPSA) is 88.3 Å². The van der Waals surface area contributed by atoms with Crippen molar-refractivity contribution in [2.45, 2.75) is 62.9 Å². The number of amides is 1. The fraction of sp³-hybridized carbons (Fsp3) is 0.400. The highest BCUT2D eigenvalue weighted by Crippen LogP contribution is 2.48. The normalized spacial score (nSPS) is 25.0. The third kappa shape index (κ3) is 3.00. The van der Waals surface area contributed by atoms with E-state index in [4.69, 9.17) is 4.42 Å². The molecular formula is C25H25N3O3. The molecule has 0 unspecified atom stereocenters. The van der Waals surface area contributed by atoms with Crippen LogP contribution in [-0.4, -0.2) is 27.3 Å². The van der Waals surface area contributed by atoms with Crippen molar-refractivity contribution in [3.63, 3.8) is 0 Å². The van der Waals surface area contributed by atoms with Crippen LogP contribution in [0, 0.1) is 6.92 Å². The fourth-order valence-electron chi connectivity index (χ4n) is 5.10. The van der Waals surface area contributed by atoms with Crippen molar-refractivity contribution in [1.82, 2.24) is 10.2 Å². The SMILES string of the molecule is Cc1ccc(-c2nnc(C3CC3)o2)cc1-c1ccc2c(c1)NC(=O)C21CCC(O)CC1. The summed E-state index contributed by atoms with van der Waals surface area (Å²) in [4.78, 5) is 12.9. The second-order valence-electron chi connectivity index (χ2n) is 9.28. The minimum absolute atomic E-state index is 0.0653. The molecule has 1 spiro atoms. The number of benzene rings is 2. The van der Waals surface area contributed by atoms with E-state index in [0.717, 1.165) is 52.2 Å². The van der Waals surface area contributed by atoms with Crippen LogP contribution in [0.1, 0.15) is 61.5 Å². The van der Waals surface area contributed by atoms with Gasteiger partial charge in [-0.1, -0.05) is 18.2 Å². The Morgan fingerprint density at radius 2 is 1.81 bits per heavy atom. The predicted octanol–water partition coefficient (Wildman–Crippen LogP) is 4.71. The van der Waals surface area contributed by atoms with Gasteiger partial charge in [0.1, 0.15) is 0 Å². The summed E-state index contributed by atoms with van der Waals surface area (Å²) in [6.07, 6.45) is 4.69. The smallest absolute Gasteiger partial charge is 0.247 e. The van der Waals surface area contributed by atoms with Gasteiger partial charge in [0.15, 0.2) is 0 Å². The van der Waals surface area contributed by atoms with Gasteiger partial charge in [-0.05, 0) is 85.9 Å². The molecule has 2 N–H and O–H groups in total. The van der Waals surface area contributed by atoms with Gasteiger partial charge < -0.3 is 14.8 Å². The molecule has 3 aliphatic rings. The highest BCUT2D eigenvalue weighted by Gasteiger charge is 2.48. The van der Waals surface area contributed by atoms with Crippen molar-refractivity contribution in [3.05, 3.63) is 53.4 Å². The first-order valence-corrected chi connectivity index (χ1v) is 11.1. The van der Waals surface area contributed by atoms with E-state index in [1.54, 1.807) is 0 Å². The lowest BCUT2D eigenvalue weighted by molar-refractivity contribution is -0.122. The van der Waals surface area contributed by atoms with Crippen molar-refractivity contribution >= 4 is 11.6 Å². The molecule has 2 aliphatic carbocycles. The first-order chi connectivity index (χ1) is 15.0. The van der Waals surface area contributed by atoms with Gasteiger partial charge in [-0.25, -0.2) is 0 Å². The van der Waals surface area contributed by atoms with Crippen LogP contribution in [0.2, 0.25) is 0 Å². The summed E-state index contributed by atoms with van der Waals surface area (Å²) in [7, 11) is 0. The molecule has 2 saturated carbocycles. The molecule has 2 fully saturated rings. The average molecular weight is 415 g/mol. The lowest BCUT2D eigenvalue weighted by Crippen LogP contribution is -2.39. The molecule has 1 amide bonds. The van der Waals surface area contributed by atoms with Crippen molar-refractivity contribution in [2.24, 2.45) is 0 Å². The van der Waals surface area contributed by atoms with E-state index in [2.05, 4.69) is 52.8 Å². The lowest BCUT2D eigenvalue weighted by atomic mass is 9.69. The van der Waals surface area contributed by atoms with E-state index in [0.29, 0.717) is 37.5 Å². The Hall–Kier alpha value is -2.99. The molecular weight excluding hydrogens is 390 g/mol. The third-order valence-corrected chi connectivity index (χ3v) is 7.19. The minimum atomic E-state index is -0.493. The number of aryl methyl sites for hydroxylation is 1. The van der Waals surface area contributed by atoms with Gasteiger partial charge in [0.2, 0.25) is 17.7 Å². The molecule has 2 aromatic carbocycles. The van der Waals surface area contributed by atoms with E-state index >= 15 is 0 Å². The summed E-state index contributed by atoms with van der Waals surface area (Å²) in [6.45, 7) is 2.08. The standard InChI is InChI=1S/C25H25N3O3/c1-14-2-3-17(23-28-27-22(31-23)15-4-5-15)12-19(14)16-6-7-20-21(13-16)26-24(30)25(20)10-8-18(29)9-11-25/h2-3,6-7,12-13,15,18,29H,4-5,8-11H2,1H3,(H,26,30). The Balaban J connectivity index is 1.36. The zero-order valence-corrected chi connectivity index (χ0v) is 17.5. The van der Waals surface area contributed by atoms with E-state index in [1.807, 2.05) is 6.07 Å². The van der Waals surface area contributed by atoms with Gasteiger partial charge in [0, 0.05) is 17.2 Å². The van der Waals surface area contributed by atoms with Gasteiger partial charge in [-0.2, -0.15) is 0 Å². The molecule has 2 heterocycles. The van der Waals surface area contributed by atoms with Crippen LogP contribution in [0.15, 0.2) is 40.8 Å². The fourth-order valence-corrected chi connectivity index (χ4v) is 5.10. The zero-order chi connectivity index (χ0) is 21.2. The van der Waals surface area contributed by atoms with E-state index < -0.39 is 5.41 Å². The summed E-state index contributed by atoms with van der Waals surface area (Å²) < 4.78 is 5.90. The van der Waals surface area contributed by atoms with Crippen LogP contribution in [0.4, 0.5) is 5.69 Å². The maximum Gasteiger partial charge on any atom is 0.247 e. The van der Waals surface area contributed by atoms with Gasteiger partial charge in [-0.3, -0.25) is 4.79 Å². The number of nitrogens with one attached hydrogen (secondary N) is 1. The monoisotopic (exact) mass is 415 g/mol. The third-order valence-electron chi connectivity index (χ3n) is 7.19. The number of aromatic nitrogens is 2. The Labute approximate surface area is 180 Å². The molecule has 0 atom stereocenters. The second-order valence-corrected chi connectivity index (χ2v) is 9.28. The maximum atomic E-state index is 12.9. The van der Waals surface area contributed by atoms with E-state index in [9.17, 15) is 9.90 Å². The maximum absolute atomic E-state index is 12.9. The van der Waals surface area contributed by atoms with Crippen LogP contribution >= 0.6 is 0 Å². The summed E-state index contributed by atoms with van der Waals surface area (Å²) in [5, 5.41) is 21.5. The zero-order valence-electron chi connectivity index (χ0n) is 17.5. The molecule has 0 bridgehead atoms. The minimum Gasteiger partial charge on any atom is -0.420 e. The molecule has 3 aromatic rings. The van der Waals surface area contributed by atoms with E-state index in [-0.39, 0.29) is 12.0 Å². The van der Waals surface area contributed by atoms with Crippen molar-refractivity contribution < 1.29 is 14.3 Å². The summed E-state index contributed by atoms with van der Waals surface area (Å²) >= 11 is 0. The van der Waals surface area contributed by atoms with Gasteiger partial charge in [-0.15, -0.1) is 10.2 Å². The predicted molar refractivity (Wildman–Crippen MR) is 117 cm³/mol. The Kier molecular flexibility index (Phi) is 4.09. The number of hydrogen-bond donors (Lipinski definition) is 2. The number of rotatable bonds is 3. The number of fused-ring (bicyclic) bond motifs is 2. The molecule has 6 nitrogen and oxygen atoms in total. The molecule has 6 rings (SSSR count). The first kappa shape index (κ1) is 18.8. The van der Waals surface area contributed by atoms with Crippen LogP contribution in [0.3, 0.4) is 0 Å². The largest absolute Gasteiger partial charge is 0.420 e. The number of nitrogens with zero attached hydrogens (tertiary/aromatic N) is 2. The van der Waals surface area contributed by atoms with Crippen LogP contribution < -0.4 is 5.32 Å².